The maximum atomic E-state index is 11.8. The number of benzene rings is 1. The van der Waals surface area contributed by atoms with Crippen molar-refractivity contribution in [2.24, 2.45) is 0 Å². The first kappa shape index (κ1) is 11.8. The Bertz CT molecular complexity index is 628. The van der Waals surface area contributed by atoms with Gasteiger partial charge in [-0.2, -0.15) is 5.10 Å². The third kappa shape index (κ3) is 2.54. The number of carbonyl (C=O) groups excluding carboxylic acids is 1. The minimum Gasteiger partial charge on any atom is -0.397 e. The summed E-state index contributed by atoms with van der Waals surface area (Å²) in [5, 5.41) is 8.47. The van der Waals surface area contributed by atoms with Crippen molar-refractivity contribution < 1.29 is 4.79 Å². The van der Waals surface area contributed by atoms with Gasteiger partial charge in [-0.05, 0) is 30.7 Å². The van der Waals surface area contributed by atoms with Gasteiger partial charge in [0, 0.05) is 6.07 Å². The Morgan fingerprint density at radius 3 is 2.78 bits per heavy atom. The van der Waals surface area contributed by atoms with Crippen LogP contribution in [0.1, 0.15) is 16.1 Å². The molecule has 2 aromatic rings. The fourth-order valence-electron chi connectivity index (χ4n) is 1.44. The summed E-state index contributed by atoms with van der Waals surface area (Å²) in [6.07, 6.45) is 0. The van der Waals surface area contributed by atoms with Gasteiger partial charge in [0.2, 0.25) is 0 Å². The Balaban J connectivity index is 2.23. The van der Waals surface area contributed by atoms with E-state index in [0.29, 0.717) is 11.4 Å². The fraction of sp³-hybridized carbons (Fsp3) is 0.0833. The Hall–Kier alpha value is -2.63. The van der Waals surface area contributed by atoms with E-state index in [1.165, 1.54) is 12.1 Å². The molecule has 0 radical (unpaired) electrons. The summed E-state index contributed by atoms with van der Waals surface area (Å²) in [5.41, 5.74) is 7.48. The SMILES string of the molecule is Cc1ccc(N)c(NC(=O)c2ccc(=O)[nH]n2)c1. The largest absolute Gasteiger partial charge is 0.397 e. The van der Waals surface area contributed by atoms with Gasteiger partial charge >= 0.3 is 0 Å². The summed E-state index contributed by atoms with van der Waals surface area (Å²) in [7, 11) is 0. The molecule has 0 aliphatic rings. The van der Waals surface area contributed by atoms with Gasteiger partial charge < -0.3 is 11.1 Å². The van der Waals surface area contributed by atoms with Crippen LogP contribution in [-0.2, 0) is 0 Å². The van der Waals surface area contributed by atoms with E-state index in [2.05, 4.69) is 15.5 Å². The average Bonchev–Trinajstić information content (AvgIpc) is 2.34. The maximum Gasteiger partial charge on any atom is 0.276 e. The van der Waals surface area contributed by atoms with Crippen LogP contribution in [0.15, 0.2) is 35.1 Å². The Morgan fingerprint density at radius 1 is 1.33 bits per heavy atom. The third-order valence-corrected chi connectivity index (χ3v) is 2.37. The van der Waals surface area contributed by atoms with E-state index in [9.17, 15) is 9.59 Å². The molecule has 1 amide bonds. The lowest BCUT2D eigenvalue weighted by atomic mass is 10.2. The predicted molar refractivity (Wildman–Crippen MR) is 68.4 cm³/mol. The van der Waals surface area contributed by atoms with E-state index in [4.69, 9.17) is 5.73 Å². The van der Waals surface area contributed by atoms with Gasteiger partial charge in [0.15, 0.2) is 0 Å². The number of H-pyrrole nitrogens is 1. The van der Waals surface area contributed by atoms with Gasteiger partial charge in [-0.1, -0.05) is 6.07 Å². The second-order valence-electron chi connectivity index (χ2n) is 3.85. The standard InChI is InChI=1S/C12H12N4O2/c1-7-2-3-8(13)10(6-7)14-12(18)9-4-5-11(17)16-15-9/h2-6H,13H2,1H3,(H,14,18)(H,16,17). The number of nitrogens with two attached hydrogens (primary N) is 1. The monoisotopic (exact) mass is 244 g/mol. The first-order valence-corrected chi connectivity index (χ1v) is 5.29. The van der Waals surface area contributed by atoms with Crippen LogP contribution in [0.3, 0.4) is 0 Å². The van der Waals surface area contributed by atoms with Crippen molar-refractivity contribution >= 4 is 17.3 Å². The average molecular weight is 244 g/mol. The van der Waals surface area contributed by atoms with Crippen LogP contribution in [0.5, 0.6) is 0 Å². The molecule has 1 aromatic carbocycles. The molecule has 0 spiro atoms. The van der Waals surface area contributed by atoms with E-state index in [-0.39, 0.29) is 11.3 Å². The van der Waals surface area contributed by atoms with E-state index in [0.717, 1.165) is 5.56 Å². The lowest BCUT2D eigenvalue weighted by Crippen LogP contribution is -2.18. The zero-order valence-electron chi connectivity index (χ0n) is 9.73. The Kier molecular flexibility index (Phi) is 3.09. The molecule has 0 saturated heterocycles. The molecule has 0 aliphatic carbocycles. The number of rotatable bonds is 2. The number of hydrogen-bond donors (Lipinski definition) is 3. The number of anilines is 2. The minimum atomic E-state index is -0.427. The number of hydrogen-bond acceptors (Lipinski definition) is 4. The van der Waals surface area contributed by atoms with E-state index in [1.54, 1.807) is 12.1 Å². The summed E-state index contributed by atoms with van der Waals surface area (Å²) in [6.45, 7) is 1.90. The number of aromatic nitrogens is 2. The molecule has 1 heterocycles. The number of nitrogens with zero attached hydrogens (tertiary/aromatic N) is 1. The van der Waals surface area contributed by atoms with E-state index in [1.807, 2.05) is 13.0 Å². The molecule has 0 fully saturated rings. The van der Waals surface area contributed by atoms with Gasteiger partial charge in [0.25, 0.3) is 11.5 Å². The number of amides is 1. The van der Waals surface area contributed by atoms with Crippen LogP contribution < -0.4 is 16.6 Å². The van der Waals surface area contributed by atoms with Crippen LogP contribution in [-0.4, -0.2) is 16.1 Å². The van der Waals surface area contributed by atoms with Crippen molar-refractivity contribution in [3.63, 3.8) is 0 Å². The number of aromatic amines is 1. The van der Waals surface area contributed by atoms with Gasteiger partial charge in [0.05, 0.1) is 11.4 Å². The first-order valence-electron chi connectivity index (χ1n) is 5.29. The smallest absolute Gasteiger partial charge is 0.276 e. The lowest BCUT2D eigenvalue weighted by molar-refractivity contribution is 0.102. The topological polar surface area (TPSA) is 101 Å². The zero-order valence-corrected chi connectivity index (χ0v) is 9.73. The molecule has 1 aromatic heterocycles. The second kappa shape index (κ2) is 4.70. The van der Waals surface area contributed by atoms with Crippen molar-refractivity contribution in [2.45, 2.75) is 6.92 Å². The van der Waals surface area contributed by atoms with Crippen molar-refractivity contribution in [1.29, 1.82) is 0 Å². The lowest BCUT2D eigenvalue weighted by Gasteiger charge is -2.08. The van der Waals surface area contributed by atoms with E-state index >= 15 is 0 Å². The van der Waals surface area contributed by atoms with Crippen molar-refractivity contribution in [2.75, 3.05) is 11.1 Å². The van der Waals surface area contributed by atoms with Gasteiger partial charge in [-0.25, -0.2) is 5.10 Å². The molecular weight excluding hydrogens is 232 g/mol. The minimum absolute atomic E-state index is 0.121. The normalized spacial score (nSPS) is 10.1. The summed E-state index contributed by atoms with van der Waals surface area (Å²) < 4.78 is 0. The summed E-state index contributed by atoms with van der Waals surface area (Å²) in [6, 6.07) is 7.91. The maximum absolute atomic E-state index is 11.8. The van der Waals surface area contributed by atoms with Crippen LogP contribution in [0.4, 0.5) is 11.4 Å². The molecule has 4 N–H and O–H groups in total. The summed E-state index contributed by atoms with van der Waals surface area (Å²) in [4.78, 5) is 22.7. The zero-order chi connectivity index (χ0) is 13.1. The molecule has 6 heteroatoms. The van der Waals surface area contributed by atoms with E-state index < -0.39 is 5.91 Å². The molecule has 18 heavy (non-hydrogen) atoms. The molecule has 0 aliphatic heterocycles. The summed E-state index contributed by atoms with van der Waals surface area (Å²) in [5.74, 6) is -0.427. The highest BCUT2D eigenvalue weighted by Crippen LogP contribution is 2.19. The Morgan fingerprint density at radius 2 is 2.11 bits per heavy atom. The second-order valence-corrected chi connectivity index (χ2v) is 3.85. The van der Waals surface area contributed by atoms with Gasteiger partial charge in [-0.15, -0.1) is 0 Å². The molecule has 0 bridgehead atoms. The molecule has 0 saturated carbocycles. The highest BCUT2D eigenvalue weighted by molar-refractivity contribution is 6.04. The van der Waals surface area contributed by atoms with Crippen LogP contribution in [0.2, 0.25) is 0 Å². The Labute approximate surface area is 103 Å². The van der Waals surface area contributed by atoms with Crippen LogP contribution >= 0.6 is 0 Å². The summed E-state index contributed by atoms with van der Waals surface area (Å²) >= 11 is 0. The van der Waals surface area contributed by atoms with Crippen LogP contribution in [0.25, 0.3) is 0 Å². The number of aryl methyl sites for hydroxylation is 1. The fourth-order valence-corrected chi connectivity index (χ4v) is 1.44. The number of nitrogen functional groups attached to an aromatic ring is 1. The third-order valence-electron chi connectivity index (χ3n) is 2.37. The van der Waals surface area contributed by atoms with Gasteiger partial charge in [-0.3, -0.25) is 9.59 Å². The van der Waals surface area contributed by atoms with Crippen molar-refractivity contribution in [3.8, 4) is 0 Å². The molecule has 92 valence electrons. The van der Waals surface area contributed by atoms with Crippen molar-refractivity contribution in [1.82, 2.24) is 10.2 Å². The van der Waals surface area contributed by atoms with Gasteiger partial charge in [0.1, 0.15) is 5.69 Å². The highest BCUT2D eigenvalue weighted by Gasteiger charge is 2.09. The number of carbonyl (C=O) groups is 1. The molecule has 2 rings (SSSR count). The number of nitrogens with one attached hydrogen (secondary N) is 2. The predicted octanol–water partition coefficient (Wildman–Crippen LogP) is 0.913. The van der Waals surface area contributed by atoms with Crippen LogP contribution in [0, 0.1) is 6.92 Å². The molecule has 0 atom stereocenters. The molecule has 0 unspecified atom stereocenters. The molecule has 6 nitrogen and oxygen atoms in total. The first-order chi connectivity index (χ1) is 8.56. The quantitative estimate of drug-likeness (QED) is 0.683. The van der Waals surface area contributed by atoms with Crippen molar-refractivity contribution in [3.05, 3.63) is 51.9 Å². The highest BCUT2D eigenvalue weighted by atomic mass is 16.2. The molecular formula is C12H12N4O2.